The molecule has 3 heterocycles. The molecule has 31 heavy (non-hydrogen) atoms. The van der Waals surface area contributed by atoms with Gasteiger partial charge in [-0.3, -0.25) is 4.79 Å². The second-order valence-corrected chi connectivity index (χ2v) is 8.52. The third-order valence-corrected chi connectivity index (χ3v) is 6.22. The number of fused-ring (bicyclic) bond motifs is 2. The summed E-state index contributed by atoms with van der Waals surface area (Å²) in [5.74, 6) is -0.763. The summed E-state index contributed by atoms with van der Waals surface area (Å²) in [6.45, 7) is 2.41. The lowest BCUT2D eigenvalue weighted by Gasteiger charge is -2.23. The molecule has 9 heteroatoms. The number of nitrogens with zero attached hydrogens (tertiary/aromatic N) is 4. The normalized spacial score (nSPS) is 16.8. The topological polar surface area (TPSA) is 95.9 Å². The lowest BCUT2D eigenvalue weighted by Crippen LogP contribution is -2.19. The van der Waals surface area contributed by atoms with Gasteiger partial charge in [-0.1, -0.05) is 0 Å². The molecule has 2 N–H and O–H groups in total. The minimum Gasteiger partial charge on any atom is -0.398 e. The highest BCUT2D eigenvalue weighted by molar-refractivity contribution is 9.10. The van der Waals surface area contributed by atoms with Crippen LogP contribution in [-0.2, 0) is 4.74 Å². The van der Waals surface area contributed by atoms with Crippen molar-refractivity contribution in [1.82, 2.24) is 20.0 Å². The van der Waals surface area contributed by atoms with Crippen LogP contribution in [0.4, 0.5) is 10.1 Å². The first-order valence-electron chi connectivity index (χ1n) is 9.99. The molecular weight excluding hydrogens is 465 g/mol. The molecule has 0 bridgehead atoms. The second kappa shape index (κ2) is 7.65. The highest BCUT2D eigenvalue weighted by atomic mass is 79.9. The minimum absolute atomic E-state index is 0.262. The lowest BCUT2D eigenvalue weighted by atomic mass is 9.97. The molecule has 2 aromatic carbocycles. The number of anilines is 1. The molecule has 1 unspecified atom stereocenters. The zero-order valence-electron chi connectivity index (χ0n) is 16.7. The summed E-state index contributed by atoms with van der Waals surface area (Å²) in [5.41, 5.74) is 8.84. The molecule has 1 atom stereocenters. The van der Waals surface area contributed by atoms with Crippen LogP contribution in [0.2, 0.25) is 0 Å². The number of carbonyl (C=O) groups is 1. The van der Waals surface area contributed by atoms with Crippen molar-refractivity contribution >= 4 is 49.2 Å². The van der Waals surface area contributed by atoms with Crippen LogP contribution < -0.4 is 5.73 Å². The van der Waals surface area contributed by atoms with Crippen LogP contribution >= 0.6 is 15.9 Å². The Labute approximate surface area is 185 Å². The highest BCUT2D eigenvalue weighted by Gasteiger charge is 2.25. The van der Waals surface area contributed by atoms with Crippen LogP contribution in [0, 0.1) is 12.7 Å². The van der Waals surface area contributed by atoms with E-state index in [9.17, 15) is 9.18 Å². The first kappa shape index (κ1) is 20.0. The van der Waals surface area contributed by atoms with Gasteiger partial charge in [0.05, 0.1) is 17.6 Å². The number of rotatable bonds is 3. The zero-order chi connectivity index (χ0) is 21.7. The third kappa shape index (κ3) is 3.28. The van der Waals surface area contributed by atoms with E-state index in [1.54, 1.807) is 23.7 Å². The number of nitrogen functional groups attached to an aromatic ring is 1. The van der Waals surface area contributed by atoms with E-state index in [4.69, 9.17) is 10.5 Å². The molecule has 0 saturated carbocycles. The molecule has 7 nitrogen and oxygen atoms in total. The molecule has 1 aliphatic rings. The van der Waals surface area contributed by atoms with Gasteiger partial charge in [0.15, 0.2) is 12.0 Å². The Kier molecular flexibility index (Phi) is 4.94. The van der Waals surface area contributed by atoms with Gasteiger partial charge < -0.3 is 10.5 Å². The predicted octanol–water partition coefficient (Wildman–Crippen LogP) is 4.70. The third-order valence-electron chi connectivity index (χ3n) is 5.62. The number of carbonyl (C=O) groups excluding carboxylic acids is 1. The first-order chi connectivity index (χ1) is 15.0. The van der Waals surface area contributed by atoms with E-state index in [1.807, 2.05) is 0 Å². The number of ether oxygens (including phenoxy) is 1. The van der Waals surface area contributed by atoms with Gasteiger partial charge in [0.1, 0.15) is 16.9 Å². The molecule has 158 valence electrons. The summed E-state index contributed by atoms with van der Waals surface area (Å²) in [6, 6.07) is 6.19. The Bertz CT molecular complexity index is 1350. The first-order valence-corrected chi connectivity index (χ1v) is 10.8. The monoisotopic (exact) mass is 483 g/mol. The SMILES string of the molecule is Cc1cc2c(N)c(C(=O)c3ccc(F)c4c3cnn4C3CCCCO3)cc(Br)c2nn1. The fourth-order valence-electron chi connectivity index (χ4n) is 4.08. The van der Waals surface area contributed by atoms with E-state index in [0.29, 0.717) is 49.9 Å². The smallest absolute Gasteiger partial charge is 0.195 e. The van der Waals surface area contributed by atoms with Gasteiger partial charge in [-0.25, -0.2) is 9.07 Å². The van der Waals surface area contributed by atoms with Crippen LogP contribution in [-0.4, -0.2) is 32.4 Å². The molecular formula is C22H19BrFN5O2. The van der Waals surface area contributed by atoms with E-state index in [1.165, 1.54) is 18.3 Å². The maximum absolute atomic E-state index is 14.8. The number of aryl methyl sites for hydroxylation is 1. The fourth-order valence-corrected chi connectivity index (χ4v) is 4.60. The summed E-state index contributed by atoms with van der Waals surface area (Å²) < 4.78 is 22.7. The largest absolute Gasteiger partial charge is 0.398 e. The van der Waals surface area contributed by atoms with Crippen molar-refractivity contribution in [3.05, 3.63) is 57.6 Å². The van der Waals surface area contributed by atoms with Crippen molar-refractivity contribution in [3.63, 3.8) is 0 Å². The number of ketones is 1. The molecule has 0 aliphatic carbocycles. The van der Waals surface area contributed by atoms with Crippen LogP contribution in [0.25, 0.3) is 21.8 Å². The summed E-state index contributed by atoms with van der Waals surface area (Å²) in [4.78, 5) is 13.5. The van der Waals surface area contributed by atoms with Gasteiger partial charge in [0, 0.05) is 33.0 Å². The molecule has 1 saturated heterocycles. The van der Waals surface area contributed by atoms with Gasteiger partial charge in [-0.05, 0) is 66.4 Å². The number of nitrogens with two attached hydrogens (primary N) is 1. The second-order valence-electron chi connectivity index (χ2n) is 7.66. The van der Waals surface area contributed by atoms with Crippen LogP contribution in [0.5, 0.6) is 0 Å². The predicted molar refractivity (Wildman–Crippen MR) is 118 cm³/mol. The summed E-state index contributed by atoms with van der Waals surface area (Å²) in [5, 5.41) is 13.6. The standard InChI is InChI=1S/C22H19BrFN5O2/c1-11-8-13-19(25)14(9-16(23)20(13)28-27-11)22(30)12-5-6-17(24)21-15(12)10-26-29(21)18-4-2-3-7-31-18/h5-6,8-10,18H,2-4,7,25H2,1H3. The Balaban J connectivity index is 1.66. The Hall–Kier alpha value is -2.91. The summed E-state index contributed by atoms with van der Waals surface area (Å²) >= 11 is 3.46. The number of aromatic nitrogens is 4. The number of halogens is 2. The van der Waals surface area contributed by atoms with Gasteiger partial charge >= 0.3 is 0 Å². The fraction of sp³-hybridized carbons (Fsp3) is 0.273. The van der Waals surface area contributed by atoms with Crippen LogP contribution in [0.3, 0.4) is 0 Å². The van der Waals surface area contributed by atoms with Crippen molar-refractivity contribution in [2.24, 2.45) is 0 Å². The van der Waals surface area contributed by atoms with E-state index in [2.05, 4.69) is 31.2 Å². The van der Waals surface area contributed by atoms with Gasteiger partial charge in [-0.15, -0.1) is 5.10 Å². The van der Waals surface area contributed by atoms with Crippen LogP contribution in [0.1, 0.15) is 47.1 Å². The number of benzene rings is 2. The molecule has 5 rings (SSSR count). The molecule has 0 amide bonds. The van der Waals surface area contributed by atoms with Gasteiger partial charge in [-0.2, -0.15) is 10.2 Å². The van der Waals surface area contributed by atoms with Crippen LogP contribution in [0.15, 0.2) is 34.9 Å². The molecule has 0 radical (unpaired) electrons. The molecule has 1 aliphatic heterocycles. The van der Waals surface area contributed by atoms with E-state index in [-0.39, 0.29) is 17.5 Å². The van der Waals surface area contributed by atoms with Crippen molar-refractivity contribution in [2.75, 3.05) is 12.3 Å². The molecule has 2 aromatic heterocycles. The zero-order valence-corrected chi connectivity index (χ0v) is 18.3. The lowest BCUT2D eigenvalue weighted by molar-refractivity contribution is -0.0369. The number of hydrogen-bond donors (Lipinski definition) is 1. The Morgan fingerprint density at radius 3 is 2.84 bits per heavy atom. The maximum atomic E-state index is 14.8. The van der Waals surface area contributed by atoms with Gasteiger partial charge in [0.25, 0.3) is 0 Å². The Morgan fingerprint density at radius 1 is 1.23 bits per heavy atom. The van der Waals surface area contributed by atoms with Crippen molar-refractivity contribution in [2.45, 2.75) is 32.4 Å². The number of hydrogen-bond acceptors (Lipinski definition) is 6. The van der Waals surface area contributed by atoms with Crippen molar-refractivity contribution in [3.8, 4) is 0 Å². The minimum atomic E-state index is -0.447. The van der Waals surface area contributed by atoms with Crippen molar-refractivity contribution < 1.29 is 13.9 Å². The van der Waals surface area contributed by atoms with Crippen molar-refractivity contribution in [1.29, 1.82) is 0 Å². The molecule has 4 aromatic rings. The van der Waals surface area contributed by atoms with Gasteiger partial charge in [0.2, 0.25) is 0 Å². The van der Waals surface area contributed by atoms with E-state index in [0.717, 1.165) is 19.3 Å². The Morgan fingerprint density at radius 2 is 2.06 bits per heavy atom. The molecule has 1 fully saturated rings. The molecule has 0 spiro atoms. The summed E-state index contributed by atoms with van der Waals surface area (Å²) in [7, 11) is 0. The average Bonchev–Trinajstić information content (AvgIpc) is 3.23. The average molecular weight is 484 g/mol. The quantitative estimate of drug-likeness (QED) is 0.335. The highest BCUT2D eigenvalue weighted by Crippen LogP contribution is 2.34. The summed E-state index contributed by atoms with van der Waals surface area (Å²) in [6.07, 6.45) is 3.88. The van der Waals surface area contributed by atoms with E-state index >= 15 is 0 Å². The maximum Gasteiger partial charge on any atom is 0.195 e. The van der Waals surface area contributed by atoms with E-state index < -0.39 is 5.82 Å².